The average molecular weight is 312 g/mol. The molecule has 0 bridgehead atoms. The van der Waals surface area contributed by atoms with E-state index >= 15 is 0 Å². The first-order valence-electron chi connectivity index (χ1n) is 7.26. The van der Waals surface area contributed by atoms with Crippen LogP contribution in [0.5, 0.6) is 0 Å². The topological polar surface area (TPSA) is 64.7 Å². The first-order valence-corrected chi connectivity index (χ1v) is 8.70. The number of hydrogen-bond donors (Lipinski definition) is 2. The Hall–Kier alpha value is -0.990. The molecule has 0 atom stereocenters. The normalized spacial score (nSPS) is 17.2. The van der Waals surface area contributed by atoms with Crippen LogP contribution < -0.4 is 10.0 Å². The van der Waals surface area contributed by atoms with Crippen molar-refractivity contribution in [2.24, 2.45) is 0 Å². The van der Waals surface area contributed by atoms with Crippen LogP contribution in [0, 0.1) is 0 Å². The molecule has 0 amide bonds. The summed E-state index contributed by atoms with van der Waals surface area (Å²) in [7, 11) is -1.82. The second-order valence-corrected chi connectivity index (χ2v) is 7.09. The number of benzene rings is 1. The summed E-state index contributed by atoms with van der Waals surface area (Å²) in [5.74, 6) is 0. The molecule has 0 aromatic heterocycles. The zero-order chi connectivity index (χ0) is 15.1. The van der Waals surface area contributed by atoms with E-state index in [4.69, 9.17) is 0 Å². The lowest BCUT2D eigenvalue weighted by molar-refractivity contribution is 0.244. The van der Waals surface area contributed by atoms with Crippen LogP contribution in [0.4, 0.5) is 0 Å². The first kappa shape index (κ1) is 16.4. The van der Waals surface area contributed by atoms with Crippen LogP contribution in [0.3, 0.4) is 0 Å². The van der Waals surface area contributed by atoms with Gasteiger partial charge in [-0.3, -0.25) is 4.90 Å². The van der Waals surface area contributed by atoms with Crippen molar-refractivity contribution in [1.82, 2.24) is 19.2 Å². The molecule has 1 heterocycles. The van der Waals surface area contributed by atoms with Crippen molar-refractivity contribution in [3.05, 3.63) is 35.9 Å². The van der Waals surface area contributed by atoms with Gasteiger partial charge in [0.15, 0.2) is 0 Å². The van der Waals surface area contributed by atoms with Gasteiger partial charge in [0.25, 0.3) is 10.2 Å². The van der Waals surface area contributed by atoms with Gasteiger partial charge in [0.1, 0.15) is 0 Å². The zero-order valence-electron chi connectivity index (χ0n) is 12.5. The predicted molar refractivity (Wildman–Crippen MR) is 84.1 cm³/mol. The largest absolute Gasteiger partial charge is 0.314 e. The molecule has 6 nitrogen and oxygen atoms in total. The Labute approximate surface area is 127 Å². The number of rotatable bonds is 7. The summed E-state index contributed by atoms with van der Waals surface area (Å²) in [6.07, 6.45) is 0. The minimum Gasteiger partial charge on any atom is -0.314 e. The van der Waals surface area contributed by atoms with Crippen LogP contribution in [0.15, 0.2) is 30.3 Å². The summed E-state index contributed by atoms with van der Waals surface area (Å²) >= 11 is 0. The van der Waals surface area contributed by atoms with E-state index in [1.807, 2.05) is 30.3 Å². The fourth-order valence-electron chi connectivity index (χ4n) is 2.30. The molecule has 0 aliphatic carbocycles. The van der Waals surface area contributed by atoms with E-state index in [1.165, 1.54) is 4.31 Å². The van der Waals surface area contributed by atoms with Crippen molar-refractivity contribution in [1.29, 1.82) is 0 Å². The molecular formula is C14H24N4O2S. The van der Waals surface area contributed by atoms with Crippen LogP contribution in [0.25, 0.3) is 0 Å². The molecule has 1 aromatic carbocycles. The van der Waals surface area contributed by atoms with Gasteiger partial charge in [-0.05, 0) is 5.56 Å². The fourth-order valence-corrected chi connectivity index (χ4v) is 3.19. The minimum atomic E-state index is -3.42. The fraction of sp³-hybridized carbons (Fsp3) is 0.571. The van der Waals surface area contributed by atoms with Gasteiger partial charge in [0.2, 0.25) is 0 Å². The Bertz CT molecular complexity index is 515. The Morgan fingerprint density at radius 2 is 1.90 bits per heavy atom. The molecule has 1 aliphatic heterocycles. The molecule has 1 saturated heterocycles. The third-order valence-electron chi connectivity index (χ3n) is 3.58. The summed E-state index contributed by atoms with van der Waals surface area (Å²) in [5, 5.41) is 3.28. The van der Waals surface area contributed by atoms with Crippen molar-refractivity contribution < 1.29 is 8.42 Å². The molecule has 1 aliphatic rings. The average Bonchev–Trinajstić information content (AvgIpc) is 2.49. The SMILES string of the molecule is CN(Cc1ccccc1)S(=O)(=O)NCCN1CCNCC1. The maximum Gasteiger partial charge on any atom is 0.279 e. The van der Waals surface area contributed by atoms with E-state index in [1.54, 1.807) is 7.05 Å². The highest BCUT2D eigenvalue weighted by molar-refractivity contribution is 7.87. The molecule has 0 radical (unpaired) electrons. The standard InChI is InChI=1S/C14H24N4O2S/c1-17(13-14-5-3-2-4-6-14)21(19,20)16-9-12-18-10-7-15-8-11-18/h2-6,15-16H,7-13H2,1H3. The van der Waals surface area contributed by atoms with E-state index in [0.29, 0.717) is 13.1 Å². The zero-order valence-corrected chi connectivity index (χ0v) is 13.3. The molecule has 21 heavy (non-hydrogen) atoms. The molecule has 1 fully saturated rings. The third-order valence-corrected chi connectivity index (χ3v) is 5.10. The van der Waals surface area contributed by atoms with Gasteiger partial charge in [0, 0.05) is 52.9 Å². The van der Waals surface area contributed by atoms with Crippen molar-refractivity contribution in [2.45, 2.75) is 6.54 Å². The van der Waals surface area contributed by atoms with Crippen molar-refractivity contribution >= 4 is 10.2 Å². The molecule has 0 spiro atoms. The molecular weight excluding hydrogens is 288 g/mol. The lowest BCUT2D eigenvalue weighted by atomic mass is 10.2. The van der Waals surface area contributed by atoms with E-state index < -0.39 is 10.2 Å². The molecule has 2 N–H and O–H groups in total. The van der Waals surface area contributed by atoms with E-state index in [9.17, 15) is 8.42 Å². The number of piperazine rings is 1. The van der Waals surface area contributed by atoms with Gasteiger partial charge in [-0.2, -0.15) is 12.7 Å². The quantitative estimate of drug-likeness (QED) is 0.735. The van der Waals surface area contributed by atoms with E-state index in [2.05, 4.69) is 14.9 Å². The highest BCUT2D eigenvalue weighted by atomic mass is 32.2. The maximum atomic E-state index is 12.2. The summed E-state index contributed by atoms with van der Waals surface area (Å²) in [6, 6.07) is 9.59. The van der Waals surface area contributed by atoms with Crippen LogP contribution in [0.1, 0.15) is 5.56 Å². The van der Waals surface area contributed by atoms with Crippen LogP contribution in [-0.2, 0) is 16.8 Å². The molecule has 0 unspecified atom stereocenters. The van der Waals surface area contributed by atoms with Gasteiger partial charge in [0.05, 0.1) is 0 Å². The highest BCUT2D eigenvalue weighted by Gasteiger charge is 2.18. The lowest BCUT2D eigenvalue weighted by Gasteiger charge is -2.27. The smallest absolute Gasteiger partial charge is 0.279 e. The van der Waals surface area contributed by atoms with Crippen molar-refractivity contribution in [2.75, 3.05) is 46.3 Å². The van der Waals surface area contributed by atoms with Gasteiger partial charge in [-0.25, -0.2) is 4.72 Å². The van der Waals surface area contributed by atoms with Gasteiger partial charge in [-0.1, -0.05) is 30.3 Å². The van der Waals surface area contributed by atoms with E-state index in [-0.39, 0.29) is 0 Å². The molecule has 0 saturated carbocycles. The second kappa shape index (κ2) is 7.86. The molecule has 7 heteroatoms. The second-order valence-electron chi connectivity index (χ2n) is 5.23. The Morgan fingerprint density at radius 3 is 2.57 bits per heavy atom. The van der Waals surface area contributed by atoms with Crippen molar-refractivity contribution in [3.8, 4) is 0 Å². The predicted octanol–water partition coefficient (Wildman–Crippen LogP) is -0.142. The van der Waals surface area contributed by atoms with Gasteiger partial charge >= 0.3 is 0 Å². The lowest BCUT2D eigenvalue weighted by Crippen LogP contribution is -2.47. The Morgan fingerprint density at radius 1 is 1.24 bits per heavy atom. The third kappa shape index (κ3) is 5.37. The Balaban J connectivity index is 1.77. The molecule has 1 aromatic rings. The van der Waals surface area contributed by atoms with E-state index in [0.717, 1.165) is 38.3 Å². The van der Waals surface area contributed by atoms with Gasteiger partial charge in [-0.15, -0.1) is 0 Å². The summed E-state index contributed by atoms with van der Waals surface area (Å²) in [5.41, 5.74) is 0.979. The van der Waals surface area contributed by atoms with Crippen LogP contribution >= 0.6 is 0 Å². The van der Waals surface area contributed by atoms with Gasteiger partial charge < -0.3 is 5.32 Å². The maximum absolute atomic E-state index is 12.2. The molecule has 2 rings (SSSR count). The minimum absolute atomic E-state index is 0.379. The number of nitrogens with zero attached hydrogens (tertiary/aromatic N) is 2. The molecule has 118 valence electrons. The van der Waals surface area contributed by atoms with Crippen LogP contribution in [0.2, 0.25) is 0 Å². The summed E-state index contributed by atoms with van der Waals surface area (Å²) in [6.45, 7) is 5.47. The van der Waals surface area contributed by atoms with Crippen molar-refractivity contribution in [3.63, 3.8) is 0 Å². The highest BCUT2D eigenvalue weighted by Crippen LogP contribution is 2.05. The van der Waals surface area contributed by atoms with Crippen LogP contribution in [-0.4, -0.2) is 63.9 Å². The first-order chi connectivity index (χ1) is 10.1. The monoisotopic (exact) mass is 312 g/mol. The number of hydrogen-bond acceptors (Lipinski definition) is 4. The number of nitrogens with one attached hydrogen (secondary N) is 2. The summed E-state index contributed by atoms with van der Waals surface area (Å²) < 4.78 is 28.3. The summed E-state index contributed by atoms with van der Waals surface area (Å²) in [4.78, 5) is 2.26. The Kier molecular flexibility index (Phi) is 6.13.